The molecule has 1 heterocycles. The molecule has 0 aliphatic heterocycles. The first kappa shape index (κ1) is 12.9. The van der Waals surface area contributed by atoms with Crippen molar-refractivity contribution < 1.29 is 0 Å². The van der Waals surface area contributed by atoms with E-state index >= 15 is 0 Å². The second-order valence-electron chi connectivity index (χ2n) is 3.63. The van der Waals surface area contributed by atoms with Gasteiger partial charge in [0.15, 0.2) is 4.34 Å². The van der Waals surface area contributed by atoms with Crippen LogP contribution >= 0.6 is 39.0 Å². The normalized spacial score (nSPS) is 10.5. The zero-order valence-corrected chi connectivity index (χ0v) is 12.8. The van der Waals surface area contributed by atoms with E-state index in [9.17, 15) is 0 Å². The van der Waals surface area contributed by atoms with Crippen molar-refractivity contribution >= 4 is 44.2 Å². The predicted molar refractivity (Wildman–Crippen MR) is 77.9 cm³/mol. The molecule has 6 heteroatoms. The summed E-state index contributed by atoms with van der Waals surface area (Å²) in [5.74, 6) is 0.906. The monoisotopic (exact) mass is 329 g/mol. The maximum Gasteiger partial charge on any atom is 0.208 e. The van der Waals surface area contributed by atoms with Crippen LogP contribution in [0.25, 0.3) is 0 Å². The van der Waals surface area contributed by atoms with Crippen molar-refractivity contribution in [2.75, 3.05) is 19.0 Å². The average molecular weight is 330 g/mol. The molecular formula is C11H12BrN3S2. The second-order valence-corrected chi connectivity index (χ2v) is 6.66. The van der Waals surface area contributed by atoms with Gasteiger partial charge in [-0.25, -0.2) is 0 Å². The molecule has 0 unspecified atom stereocenters. The number of thioether (sulfide) groups is 1. The molecule has 0 radical (unpaired) electrons. The van der Waals surface area contributed by atoms with Gasteiger partial charge in [0, 0.05) is 24.3 Å². The lowest BCUT2D eigenvalue weighted by Gasteiger charge is -2.04. The zero-order valence-electron chi connectivity index (χ0n) is 9.55. The fourth-order valence-corrected chi connectivity index (χ4v) is 3.57. The molecule has 2 rings (SSSR count). The number of rotatable bonds is 4. The van der Waals surface area contributed by atoms with Crippen molar-refractivity contribution in [2.24, 2.45) is 0 Å². The topological polar surface area (TPSA) is 29.0 Å². The van der Waals surface area contributed by atoms with Crippen LogP contribution in [0.5, 0.6) is 0 Å². The summed E-state index contributed by atoms with van der Waals surface area (Å²) in [6.45, 7) is 0. The number of hydrogen-bond donors (Lipinski definition) is 0. The van der Waals surface area contributed by atoms with Crippen LogP contribution < -0.4 is 4.90 Å². The molecular weight excluding hydrogens is 318 g/mol. The van der Waals surface area contributed by atoms with Crippen LogP contribution in [0.2, 0.25) is 0 Å². The standard InChI is InChI=1S/C11H12BrN3S2/c1-15(2)10-13-14-11(17-10)16-7-8-5-3-4-6-9(8)12/h3-6H,7H2,1-2H3. The molecule has 0 fully saturated rings. The molecule has 0 bridgehead atoms. The minimum Gasteiger partial charge on any atom is -0.353 e. The molecule has 0 aliphatic carbocycles. The third kappa shape index (κ3) is 3.43. The SMILES string of the molecule is CN(C)c1nnc(SCc2ccccc2Br)s1. The highest BCUT2D eigenvalue weighted by Gasteiger charge is 2.07. The van der Waals surface area contributed by atoms with Gasteiger partial charge in [-0.15, -0.1) is 10.2 Å². The Labute approximate surface area is 117 Å². The number of benzene rings is 1. The second kappa shape index (κ2) is 5.84. The maximum atomic E-state index is 4.16. The van der Waals surface area contributed by atoms with Crippen molar-refractivity contribution in [3.63, 3.8) is 0 Å². The van der Waals surface area contributed by atoms with Crippen LogP contribution in [0, 0.1) is 0 Å². The molecule has 3 nitrogen and oxygen atoms in total. The molecule has 17 heavy (non-hydrogen) atoms. The summed E-state index contributed by atoms with van der Waals surface area (Å²) < 4.78 is 2.15. The summed E-state index contributed by atoms with van der Waals surface area (Å²) >= 11 is 6.88. The first-order chi connectivity index (χ1) is 8.16. The summed E-state index contributed by atoms with van der Waals surface area (Å²) in [5.41, 5.74) is 1.28. The molecule has 0 saturated heterocycles. The summed E-state index contributed by atoms with van der Waals surface area (Å²) in [7, 11) is 3.95. The van der Waals surface area contributed by atoms with Crippen molar-refractivity contribution in [3.8, 4) is 0 Å². The van der Waals surface area contributed by atoms with E-state index in [-0.39, 0.29) is 0 Å². The van der Waals surface area contributed by atoms with Crippen LogP contribution in [-0.2, 0) is 5.75 Å². The molecule has 2 aromatic rings. The Kier molecular flexibility index (Phi) is 4.42. The molecule has 90 valence electrons. The molecule has 0 aliphatic rings. The van der Waals surface area contributed by atoms with Gasteiger partial charge in [0.25, 0.3) is 0 Å². The molecule has 0 N–H and O–H groups in total. The molecule has 0 atom stereocenters. The average Bonchev–Trinajstić information content (AvgIpc) is 2.77. The highest BCUT2D eigenvalue weighted by molar-refractivity contribution is 9.10. The molecule has 1 aromatic heterocycles. The quantitative estimate of drug-likeness (QED) is 0.800. The Hall–Kier alpha value is -0.590. The van der Waals surface area contributed by atoms with E-state index in [2.05, 4.69) is 38.3 Å². The van der Waals surface area contributed by atoms with Gasteiger partial charge in [-0.05, 0) is 11.6 Å². The van der Waals surface area contributed by atoms with E-state index in [4.69, 9.17) is 0 Å². The van der Waals surface area contributed by atoms with Crippen molar-refractivity contribution in [1.82, 2.24) is 10.2 Å². The van der Waals surface area contributed by atoms with Crippen molar-refractivity contribution in [2.45, 2.75) is 10.1 Å². The summed E-state index contributed by atoms with van der Waals surface area (Å²) in [6.07, 6.45) is 0. The summed E-state index contributed by atoms with van der Waals surface area (Å²) in [4.78, 5) is 1.97. The number of hydrogen-bond acceptors (Lipinski definition) is 5. The minimum atomic E-state index is 0.906. The number of halogens is 1. The Balaban J connectivity index is 2.00. The van der Waals surface area contributed by atoms with Gasteiger partial charge in [-0.1, -0.05) is 57.2 Å². The van der Waals surface area contributed by atoms with Crippen LogP contribution in [0.4, 0.5) is 5.13 Å². The molecule has 0 saturated carbocycles. The lowest BCUT2D eigenvalue weighted by molar-refractivity contribution is 0.972. The van der Waals surface area contributed by atoms with E-state index in [0.717, 1.165) is 19.7 Å². The van der Waals surface area contributed by atoms with Crippen LogP contribution in [0.1, 0.15) is 5.56 Å². The van der Waals surface area contributed by atoms with Gasteiger partial charge in [0.2, 0.25) is 5.13 Å². The Morgan fingerprint density at radius 1 is 1.29 bits per heavy atom. The molecule has 0 spiro atoms. The number of aromatic nitrogens is 2. The van der Waals surface area contributed by atoms with E-state index < -0.39 is 0 Å². The highest BCUT2D eigenvalue weighted by atomic mass is 79.9. The number of anilines is 1. The first-order valence-electron chi connectivity index (χ1n) is 5.04. The minimum absolute atomic E-state index is 0.906. The third-order valence-electron chi connectivity index (χ3n) is 2.09. The largest absolute Gasteiger partial charge is 0.353 e. The van der Waals surface area contributed by atoms with Gasteiger partial charge < -0.3 is 4.90 Å². The van der Waals surface area contributed by atoms with E-state index in [1.54, 1.807) is 23.1 Å². The van der Waals surface area contributed by atoms with Crippen molar-refractivity contribution in [1.29, 1.82) is 0 Å². The van der Waals surface area contributed by atoms with Crippen molar-refractivity contribution in [3.05, 3.63) is 34.3 Å². The van der Waals surface area contributed by atoms with Crippen LogP contribution in [-0.4, -0.2) is 24.3 Å². The van der Waals surface area contributed by atoms with Crippen LogP contribution in [0.15, 0.2) is 33.1 Å². The lowest BCUT2D eigenvalue weighted by atomic mass is 10.2. The van der Waals surface area contributed by atoms with Gasteiger partial charge in [0.1, 0.15) is 0 Å². The van der Waals surface area contributed by atoms with Gasteiger partial charge in [-0.3, -0.25) is 0 Å². The summed E-state index contributed by atoms with van der Waals surface area (Å²) in [5, 5.41) is 9.21. The molecule has 1 aromatic carbocycles. The van der Waals surface area contributed by atoms with E-state index in [0.29, 0.717) is 0 Å². The van der Waals surface area contributed by atoms with Gasteiger partial charge in [-0.2, -0.15) is 0 Å². The Morgan fingerprint density at radius 3 is 2.71 bits per heavy atom. The third-order valence-corrected chi connectivity index (χ3v) is 5.13. The fourth-order valence-electron chi connectivity index (χ4n) is 1.20. The lowest BCUT2D eigenvalue weighted by Crippen LogP contribution is -2.07. The first-order valence-corrected chi connectivity index (χ1v) is 7.63. The van der Waals surface area contributed by atoms with E-state index in [1.807, 2.05) is 31.1 Å². The Morgan fingerprint density at radius 2 is 2.06 bits per heavy atom. The number of nitrogens with zero attached hydrogens (tertiary/aromatic N) is 3. The van der Waals surface area contributed by atoms with E-state index in [1.165, 1.54) is 5.56 Å². The highest BCUT2D eigenvalue weighted by Crippen LogP contribution is 2.31. The molecule has 0 amide bonds. The predicted octanol–water partition coefficient (Wildman–Crippen LogP) is 3.66. The fraction of sp³-hybridized carbons (Fsp3) is 0.273. The maximum absolute atomic E-state index is 4.16. The van der Waals surface area contributed by atoms with Gasteiger partial charge >= 0.3 is 0 Å². The van der Waals surface area contributed by atoms with Crippen LogP contribution in [0.3, 0.4) is 0 Å². The summed E-state index contributed by atoms with van der Waals surface area (Å²) in [6, 6.07) is 8.24. The van der Waals surface area contributed by atoms with Gasteiger partial charge in [0.05, 0.1) is 0 Å². The zero-order chi connectivity index (χ0) is 12.3. The Bertz CT molecular complexity index is 499. The smallest absolute Gasteiger partial charge is 0.208 e.